The fourth-order valence-electron chi connectivity index (χ4n) is 2.90. The highest BCUT2D eigenvalue weighted by Crippen LogP contribution is 2.27. The molecule has 0 spiro atoms. The first kappa shape index (κ1) is 15.0. The highest BCUT2D eigenvalue weighted by Gasteiger charge is 2.13. The molecule has 2 aromatic carbocycles. The third-order valence-corrected chi connectivity index (χ3v) is 4.06. The minimum Gasteiger partial charge on any atom is -0.507 e. The summed E-state index contributed by atoms with van der Waals surface area (Å²) in [5, 5.41) is 19.5. The standard InChI is InChI=1S/C19H16N4O2/c1-12-7-16(24)18-17(8-12)25-11-15(19(18)22-20)13-9-21-23(10-13)14-5-3-2-4-6-14/h2-11,24H,20H2,1H3. The van der Waals surface area contributed by atoms with Crippen molar-refractivity contribution in [1.29, 1.82) is 0 Å². The van der Waals surface area contributed by atoms with E-state index in [0.717, 1.165) is 16.8 Å². The number of para-hydroxylation sites is 1. The van der Waals surface area contributed by atoms with E-state index in [2.05, 4.69) is 10.2 Å². The summed E-state index contributed by atoms with van der Waals surface area (Å²) in [4.78, 5) is 0. The molecular weight excluding hydrogens is 316 g/mol. The summed E-state index contributed by atoms with van der Waals surface area (Å²) < 4.78 is 7.46. The molecule has 0 aliphatic rings. The van der Waals surface area contributed by atoms with Gasteiger partial charge >= 0.3 is 0 Å². The molecule has 0 saturated heterocycles. The van der Waals surface area contributed by atoms with Gasteiger partial charge in [0.15, 0.2) is 0 Å². The van der Waals surface area contributed by atoms with Crippen molar-refractivity contribution in [2.24, 2.45) is 10.9 Å². The Morgan fingerprint density at radius 2 is 2.00 bits per heavy atom. The maximum absolute atomic E-state index is 10.3. The van der Waals surface area contributed by atoms with Gasteiger partial charge in [0.05, 0.1) is 17.3 Å². The number of nitrogens with two attached hydrogens (primary N) is 1. The van der Waals surface area contributed by atoms with Crippen molar-refractivity contribution in [2.75, 3.05) is 0 Å². The zero-order chi connectivity index (χ0) is 17.4. The number of phenolic OH excluding ortho intramolecular Hbond substituents is 1. The van der Waals surface area contributed by atoms with Crippen LogP contribution in [0.25, 0.3) is 27.8 Å². The van der Waals surface area contributed by atoms with Crippen LogP contribution in [0.4, 0.5) is 0 Å². The number of rotatable bonds is 2. The summed E-state index contributed by atoms with van der Waals surface area (Å²) >= 11 is 0. The van der Waals surface area contributed by atoms with Gasteiger partial charge in [-0.05, 0) is 36.8 Å². The second kappa shape index (κ2) is 5.83. The fourth-order valence-corrected chi connectivity index (χ4v) is 2.90. The lowest BCUT2D eigenvalue weighted by Gasteiger charge is -2.06. The SMILES string of the molecule is Cc1cc(O)c2c(=NN)c(-c3cnn(-c4ccccc4)c3)coc2c1. The van der Waals surface area contributed by atoms with Crippen molar-refractivity contribution in [3.05, 3.63) is 72.0 Å². The first-order chi connectivity index (χ1) is 12.2. The van der Waals surface area contributed by atoms with Crippen LogP contribution in [-0.4, -0.2) is 14.9 Å². The van der Waals surface area contributed by atoms with Gasteiger partial charge in [-0.3, -0.25) is 0 Å². The smallest absolute Gasteiger partial charge is 0.140 e. The third-order valence-electron chi connectivity index (χ3n) is 4.06. The Hall–Kier alpha value is -3.54. The van der Waals surface area contributed by atoms with Crippen molar-refractivity contribution < 1.29 is 9.52 Å². The van der Waals surface area contributed by atoms with Crippen LogP contribution in [0.1, 0.15) is 5.56 Å². The molecule has 3 N–H and O–H groups in total. The molecule has 0 unspecified atom stereocenters. The number of benzene rings is 2. The predicted molar refractivity (Wildman–Crippen MR) is 94.9 cm³/mol. The van der Waals surface area contributed by atoms with Crippen LogP contribution in [-0.2, 0) is 0 Å². The lowest BCUT2D eigenvalue weighted by atomic mass is 10.1. The Labute approximate surface area is 143 Å². The van der Waals surface area contributed by atoms with Gasteiger partial charge in [-0.15, -0.1) is 0 Å². The first-order valence-electron chi connectivity index (χ1n) is 7.77. The normalized spacial score (nSPS) is 12.0. The molecule has 6 nitrogen and oxygen atoms in total. The summed E-state index contributed by atoms with van der Waals surface area (Å²) in [5.74, 6) is 5.71. The van der Waals surface area contributed by atoms with Gasteiger partial charge in [0.1, 0.15) is 23.0 Å². The number of nitrogens with zero attached hydrogens (tertiary/aromatic N) is 3. The van der Waals surface area contributed by atoms with Crippen molar-refractivity contribution in [3.8, 4) is 22.6 Å². The quantitative estimate of drug-likeness (QED) is 0.436. The molecule has 2 aromatic heterocycles. The maximum atomic E-state index is 10.3. The van der Waals surface area contributed by atoms with Gasteiger partial charge in [-0.1, -0.05) is 18.2 Å². The van der Waals surface area contributed by atoms with Crippen molar-refractivity contribution >= 4 is 11.0 Å². The van der Waals surface area contributed by atoms with Crippen molar-refractivity contribution in [2.45, 2.75) is 6.92 Å². The van der Waals surface area contributed by atoms with Crippen LogP contribution in [0.2, 0.25) is 0 Å². The van der Waals surface area contributed by atoms with Crippen LogP contribution in [0, 0.1) is 6.92 Å². The number of aromatic hydroxyl groups is 1. The zero-order valence-corrected chi connectivity index (χ0v) is 13.5. The summed E-state index contributed by atoms with van der Waals surface area (Å²) in [5.41, 5.74) is 3.81. The van der Waals surface area contributed by atoms with Gasteiger partial charge in [-0.25, -0.2) is 4.68 Å². The molecule has 0 aliphatic heterocycles. The Morgan fingerprint density at radius 1 is 1.20 bits per heavy atom. The molecule has 0 aliphatic carbocycles. The Bertz CT molecular complexity index is 1130. The number of fused-ring (bicyclic) bond motifs is 1. The largest absolute Gasteiger partial charge is 0.507 e. The van der Waals surface area contributed by atoms with Gasteiger partial charge in [0, 0.05) is 17.3 Å². The molecule has 0 radical (unpaired) electrons. The fraction of sp³-hybridized carbons (Fsp3) is 0.0526. The number of hydrogen-bond acceptors (Lipinski definition) is 5. The molecule has 4 rings (SSSR count). The molecule has 0 amide bonds. The molecule has 124 valence electrons. The monoisotopic (exact) mass is 332 g/mol. The van der Waals surface area contributed by atoms with E-state index in [0.29, 0.717) is 21.9 Å². The molecule has 2 heterocycles. The number of aromatic nitrogens is 2. The van der Waals surface area contributed by atoms with Crippen molar-refractivity contribution in [3.63, 3.8) is 0 Å². The molecule has 0 bridgehead atoms. The number of aryl methyl sites for hydroxylation is 1. The van der Waals surface area contributed by atoms with Crippen LogP contribution in [0.5, 0.6) is 5.75 Å². The minimum atomic E-state index is 0.0836. The number of phenols is 1. The van der Waals surface area contributed by atoms with E-state index in [9.17, 15) is 5.11 Å². The molecule has 0 atom stereocenters. The summed E-state index contributed by atoms with van der Waals surface area (Å²) in [6, 6.07) is 13.3. The van der Waals surface area contributed by atoms with E-state index in [4.69, 9.17) is 10.3 Å². The van der Waals surface area contributed by atoms with E-state index in [1.165, 1.54) is 0 Å². The van der Waals surface area contributed by atoms with E-state index < -0.39 is 0 Å². The average molecular weight is 332 g/mol. The summed E-state index contributed by atoms with van der Waals surface area (Å²) in [7, 11) is 0. The zero-order valence-electron chi connectivity index (χ0n) is 13.5. The summed E-state index contributed by atoms with van der Waals surface area (Å²) in [6.45, 7) is 1.88. The molecule has 0 fully saturated rings. The van der Waals surface area contributed by atoms with Crippen molar-refractivity contribution in [1.82, 2.24) is 9.78 Å². The molecule has 25 heavy (non-hydrogen) atoms. The highest BCUT2D eigenvalue weighted by atomic mass is 16.3. The molecule has 4 aromatic rings. The van der Waals surface area contributed by atoms with Gasteiger partial charge in [-0.2, -0.15) is 10.2 Å². The highest BCUT2D eigenvalue weighted by molar-refractivity contribution is 5.87. The van der Waals surface area contributed by atoms with E-state index in [1.54, 1.807) is 23.2 Å². The topological polar surface area (TPSA) is 89.6 Å². The van der Waals surface area contributed by atoms with Crippen LogP contribution >= 0.6 is 0 Å². The Kier molecular flexibility index (Phi) is 3.50. The van der Waals surface area contributed by atoms with E-state index in [1.807, 2.05) is 49.5 Å². The van der Waals surface area contributed by atoms with Gasteiger partial charge < -0.3 is 15.4 Å². The third kappa shape index (κ3) is 2.53. The second-order valence-electron chi connectivity index (χ2n) is 5.79. The van der Waals surface area contributed by atoms with E-state index in [-0.39, 0.29) is 5.75 Å². The lowest BCUT2D eigenvalue weighted by Crippen LogP contribution is -2.10. The predicted octanol–water partition coefficient (Wildman–Crippen LogP) is 3.07. The Balaban J connectivity index is 1.92. The maximum Gasteiger partial charge on any atom is 0.140 e. The lowest BCUT2D eigenvalue weighted by molar-refractivity contribution is 0.479. The average Bonchev–Trinajstić information content (AvgIpc) is 3.11. The van der Waals surface area contributed by atoms with Crippen LogP contribution < -0.4 is 11.2 Å². The Morgan fingerprint density at radius 3 is 2.76 bits per heavy atom. The van der Waals surface area contributed by atoms with Gasteiger partial charge in [0.2, 0.25) is 0 Å². The molecule has 0 saturated carbocycles. The first-order valence-corrected chi connectivity index (χ1v) is 7.77. The van der Waals surface area contributed by atoms with E-state index >= 15 is 0 Å². The minimum absolute atomic E-state index is 0.0836. The molecule has 6 heteroatoms. The number of hydrogen-bond donors (Lipinski definition) is 2. The second-order valence-corrected chi connectivity index (χ2v) is 5.79. The van der Waals surface area contributed by atoms with Crippen LogP contribution in [0.15, 0.2) is 70.6 Å². The van der Waals surface area contributed by atoms with Crippen LogP contribution in [0.3, 0.4) is 0 Å². The van der Waals surface area contributed by atoms with Gasteiger partial charge in [0.25, 0.3) is 0 Å². The summed E-state index contributed by atoms with van der Waals surface area (Å²) in [6.07, 6.45) is 5.16. The molecular formula is C19H16N4O2.